The zero-order valence-corrected chi connectivity index (χ0v) is 19.5. The van der Waals surface area contributed by atoms with E-state index in [-0.39, 0.29) is 22.4 Å². The van der Waals surface area contributed by atoms with E-state index in [1.165, 1.54) is 24.3 Å². The van der Waals surface area contributed by atoms with Crippen LogP contribution in [0.3, 0.4) is 0 Å². The summed E-state index contributed by atoms with van der Waals surface area (Å²) in [6.07, 6.45) is 0. The number of aryl methyl sites for hydroxylation is 1. The number of imide groups is 1. The number of non-ortho nitro benzene ring substituents is 1. The summed E-state index contributed by atoms with van der Waals surface area (Å²) in [6, 6.07) is 20.5. The molecule has 0 atom stereocenters. The summed E-state index contributed by atoms with van der Waals surface area (Å²) < 4.78 is 0. The molecule has 3 aromatic rings. The molecule has 1 aliphatic heterocycles. The number of carbonyl (C=O) groups excluding carboxylic acids is 2. The van der Waals surface area contributed by atoms with Gasteiger partial charge in [-0.15, -0.1) is 0 Å². The molecule has 0 fully saturated rings. The van der Waals surface area contributed by atoms with Crippen LogP contribution in [0.5, 0.6) is 0 Å². The minimum atomic E-state index is -0.505. The fraction of sp³-hybridized carbons (Fsp3) is 0.185. The molecule has 4 rings (SSSR count). The Kier molecular flexibility index (Phi) is 5.79. The summed E-state index contributed by atoms with van der Waals surface area (Å²) in [5.41, 5.74) is 3.68. The Morgan fingerprint density at radius 1 is 0.853 bits per heavy atom. The van der Waals surface area contributed by atoms with Gasteiger partial charge in [0.1, 0.15) is 5.70 Å². The van der Waals surface area contributed by atoms with Gasteiger partial charge in [-0.25, -0.2) is 4.90 Å². The van der Waals surface area contributed by atoms with Crippen molar-refractivity contribution >= 4 is 34.4 Å². The Balaban J connectivity index is 1.80. The van der Waals surface area contributed by atoms with E-state index in [2.05, 4.69) is 26.1 Å². The number of anilines is 2. The average Bonchev–Trinajstić information content (AvgIpc) is 3.03. The molecule has 3 aromatic carbocycles. The van der Waals surface area contributed by atoms with Crippen molar-refractivity contribution in [3.63, 3.8) is 0 Å². The number of benzene rings is 3. The van der Waals surface area contributed by atoms with Crippen LogP contribution in [0.2, 0.25) is 0 Å². The van der Waals surface area contributed by atoms with Gasteiger partial charge in [0.15, 0.2) is 0 Å². The third kappa shape index (κ3) is 4.20. The van der Waals surface area contributed by atoms with Gasteiger partial charge < -0.3 is 5.32 Å². The third-order valence-corrected chi connectivity index (χ3v) is 5.83. The highest BCUT2D eigenvalue weighted by Gasteiger charge is 2.40. The highest BCUT2D eigenvalue weighted by atomic mass is 16.6. The molecule has 1 heterocycles. The lowest BCUT2D eigenvalue weighted by molar-refractivity contribution is -0.384. The van der Waals surface area contributed by atoms with E-state index in [4.69, 9.17) is 0 Å². The minimum Gasteiger partial charge on any atom is -0.350 e. The molecule has 0 bridgehead atoms. The Morgan fingerprint density at radius 3 is 2.03 bits per heavy atom. The van der Waals surface area contributed by atoms with Crippen molar-refractivity contribution in [2.45, 2.75) is 33.1 Å². The third-order valence-electron chi connectivity index (χ3n) is 5.83. The number of hydrogen-bond acceptors (Lipinski definition) is 5. The maximum absolute atomic E-state index is 13.5. The number of nitrogens with zero attached hydrogens (tertiary/aromatic N) is 2. The van der Waals surface area contributed by atoms with Gasteiger partial charge in [-0.3, -0.25) is 19.7 Å². The maximum atomic E-state index is 13.5. The molecule has 0 unspecified atom stereocenters. The molecule has 0 saturated heterocycles. The number of nitro groups is 1. The van der Waals surface area contributed by atoms with E-state index in [0.717, 1.165) is 16.0 Å². The van der Waals surface area contributed by atoms with Crippen LogP contribution in [0, 0.1) is 17.0 Å². The van der Waals surface area contributed by atoms with Crippen molar-refractivity contribution in [2.75, 3.05) is 10.2 Å². The molecule has 0 spiro atoms. The first-order chi connectivity index (χ1) is 16.1. The smallest absolute Gasteiger partial charge is 0.282 e. The number of nitrogens with one attached hydrogen (secondary N) is 1. The number of carbonyl (C=O) groups is 2. The average molecular weight is 456 g/mol. The largest absolute Gasteiger partial charge is 0.350 e. The van der Waals surface area contributed by atoms with Crippen molar-refractivity contribution in [1.82, 2.24) is 0 Å². The number of hydrogen-bond donors (Lipinski definition) is 1. The summed E-state index contributed by atoms with van der Waals surface area (Å²) in [6.45, 7) is 8.18. The summed E-state index contributed by atoms with van der Waals surface area (Å²) in [7, 11) is 0. The first-order valence-corrected chi connectivity index (χ1v) is 10.9. The molecule has 7 nitrogen and oxygen atoms in total. The standard InChI is InChI=1S/C27H25N3O4/c1-17-7-5-6-8-22(17)29-25(31)23(18-9-15-21(16-10-18)30(33)34)24(26(29)32)28-20-13-11-19(12-14-20)27(2,3)4/h5-16,28H,1-4H3. The quantitative estimate of drug-likeness (QED) is 0.307. The second-order valence-corrected chi connectivity index (χ2v) is 9.24. The zero-order chi connectivity index (χ0) is 24.6. The van der Waals surface area contributed by atoms with Crippen molar-refractivity contribution in [3.05, 3.63) is 105 Å². The van der Waals surface area contributed by atoms with Crippen molar-refractivity contribution < 1.29 is 14.5 Å². The van der Waals surface area contributed by atoms with Crippen molar-refractivity contribution in [1.29, 1.82) is 0 Å². The van der Waals surface area contributed by atoms with E-state index in [1.54, 1.807) is 12.1 Å². The van der Waals surface area contributed by atoms with E-state index >= 15 is 0 Å². The Morgan fingerprint density at radius 2 is 1.47 bits per heavy atom. The van der Waals surface area contributed by atoms with E-state index in [0.29, 0.717) is 16.9 Å². The van der Waals surface area contributed by atoms with Crippen LogP contribution in [0.25, 0.3) is 5.57 Å². The molecule has 34 heavy (non-hydrogen) atoms. The molecular weight excluding hydrogens is 430 g/mol. The molecule has 1 N–H and O–H groups in total. The highest BCUT2D eigenvalue weighted by Crippen LogP contribution is 2.35. The summed E-state index contributed by atoms with van der Waals surface area (Å²) in [5.74, 6) is -0.963. The fourth-order valence-corrected chi connectivity index (χ4v) is 3.89. The molecule has 7 heteroatoms. The monoisotopic (exact) mass is 455 g/mol. The predicted octanol–water partition coefficient (Wildman–Crippen LogP) is 5.60. The van der Waals surface area contributed by atoms with E-state index in [9.17, 15) is 19.7 Å². The summed E-state index contributed by atoms with van der Waals surface area (Å²) in [5, 5.41) is 14.2. The fourth-order valence-electron chi connectivity index (χ4n) is 3.89. The number of nitro benzene ring substituents is 1. The van der Waals surface area contributed by atoms with Crippen LogP contribution in [-0.4, -0.2) is 16.7 Å². The van der Waals surface area contributed by atoms with E-state index in [1.807, 2.05) is 43.3 Å². The highest BCUT2D eigenvalue weighted by molar-refractivity contribution is 6.46. The second-order valence-electron chi connectivity index (χ2n) is 9.24. The lowest BCUT2D eigenvalue weighted by atomic mass is 9.87. The van der Waals surface area contributed by atoms with Gasteiger partial charge in [0.05, 0.1) is 16.2 Å². The molecular formula is C27H25N3O4. The van der Waals surface area contributed by atoms with Crippen molar-refractivity contribution in [3.8, 4) is 0 Å². The second kappa shape index (κ2) is 8.59. The van der Waals surface area contributed by atoms with E-state index < -0.39 is 16.7 Å². The molecule has 172 valence electrons. The topological polar surface area (TPSA) is 92.6 Å². The molecule has 0 radical (unpaired) electrons. The molecule has 0 aliphatic carbocycles. The SMILES string of the molecule is Cc1ccccc1N1C(=O)C(Nc2ccc(C(C)(C)C)cc2)=C(c2ccc([N+](=O)[O-])cc2)C1=O. The van der Waals surface area contributed by atoms with Crippen molar-refractivity contribution in [2.24, 2.45) is 0 Å². The van der Waals surface area contributed by atoms with Gasteiger partial charge in [0.2, 0.25) is 0 Å². The molecule has 0 saturated carbocycles. The molecule has 1 aliphatic rings. The maximum Gasteiger partial charge on any atom is 0.282 e. The normalized spacial score (nSPS) is 14.1. The van der Waals surface area contributed by atoms with Crippen LogP contribution in [-0.2, 0) is 15.0 Å². The summed E-state index contributed by atoms with van der Waals surface area (Å²) in [4.78, 5) is 38.8. The van der Waals surface area contributed by atoms with Gasteiger partial charge in [-0.1, -0.05) is 51.1 Å². The molecule has 2 amide bonds. The van der Waals surface area contributed by atoms with Crippen LogP contribution in [0.4, 0.5) is 17.1 Å². The Hall–Kier alpha value is -4.26. The first kappa shape index (κ1) is 22.9. The molecule has 0 aromatic heterocycles. The van der Waals surface area contributed by atoms with Gasteiger partial charge in [-0.2, -0.15) is 0 Å². The van der Waals surface area contributed by atoms with Crippen LogP contribution >= 0.6 is 0 Å². The first-order valence-electron chi connectivity index (χ1n) is 10.9. The Labute approximate surface area is 197 Å². The van der Waals surface area contributed by atoms with Crippen LogP contribution in [0.1, 0.15) is 37.5 Å². The lowest BCUT2D eigenvalue weighted by Gasteiger charge is -2.19. The Bertz CT molecular complexity index is 1320. The van der Waals surface area contributed by atoms with Gasteiger partial charge in [-0.05, 0) is 59.4 Å². The number of rotatable bonds is 5. The van der Waals surface area contributed by atoms with Gasteiger partial charge >= 0.3 is 0 Å². The lowest BCUT2D eigenvalue weighted by Crippen LogP contribution is -2.33. The summed E-state index contributed by atoms with van der Waals surface area (Å²) >= 11 is 0. The van der Waals surface area contributed by atoms with Gasteiger partial charge in [0.25, 0.3) is 17.5 Å². The number of para-hydroxylation sites is 1. The van der Waals surface area contributed by atoms with Crippen LogP contribution < -0.4 is 10.2 Å². The zero-order valence-electron chi connectivity index (χ0n) is 19.5. The minimum absolute atomic E-state index is 0.0253. The number of amides is 2. The predicted molar refractivity (Wildman–Crippen MR) is 132 cm³/mol. The van der Waals surface area contributed by atoms with Crippen LogP contribution in [0.15, 0.2) is 78.5 Å². The van der Waals surface area contributed by atoms with Gasteiger partial charge in [0, 0.05) is 17.8 Å².